The second-order valence-electron chi connectivity index (χ2n) is 6.83. The molecule has 0 saturated heterocycles. The molecule has 8 nitrogen and oxygen atoms in total. The first kappa shape index (κ1) is 18.8. The number of fused-ring (bicyclic) bond motifs is 1. The lowest BCUT2D eigenvalue weighted by molar-refractivity contribution is 0.0535. The number of carbonyl (C=O) groups excluding carboxylic acids is 1. The van der Waals surface area contributed by atoms with Crippen LogP contribution in [0.5, 0.6) is 0 Å². The van der Waals surface area contributed by atoms with Crippen molar-refractivity contribution in [3.8, 4) is 11.9 Å². The summed E-state index contributed by atoms with van der Waals surface area (Å²) in [5.41, 5.74) is 4.42. The molecule has 0 aliphatic carbocycles. The minimum absolute atomic E-state index is 0.263. The fourth-order valence-electron chi connectivity index (χ4n) is 3.37. The van der Waals surface area contributed by atoms with Gasteiger partial charge >= 0.3 is 5.97 Å². The van der Waals surface area contributed by atoms with Crippen LogP contribution in [0.15, 0.2) is 43.0 Å². The van der Waals surface area contributed by atoms with E-state index in [4.69, 9.17) is 10.00 Å². The Morgan fingerprint density at radius 2 is 2.21 bits per heavy atom. The van der Waals surface area contributed by atoms with E-state index in [-0.39, 0.29) is 12.6 Å². The Morgan fingerprint density at radius 1 is 1.34 bits per heavy atom. The van der Waals surface area contributed by atoms with Gasteiger partial charge in [-0.25, -0.2) is 14.8 Å². The maximum absolute atomic E-state index is 11.6. The van der Waals surface area contributed by atoms with Crippen LogP contribution in [0.25, 0.3) is 5.82 Å². The maximum atomic E-state index is 11.6. The van der Waals surface area contributed by atoms with Gasteiger partial charge in [-0.15, -0.1) is 0 Å². The van der Waals surface area contributed by atoms with Gasteiger partial charge in [0.05, 0.1) is 11.7 Å². The Bertz CT molecular complexity index is 1100. The first-order valence-electron chi connectivity index (χ1n) is 9.14. The topological polar surface area (TPSA) is 113 Å². The minimum atomic E-state index is -0.696. The van der Waals surface area contributed by atoms with Crippen LogP contribution < -0.4 is 5.32 Å². The van der Waals surface area contributed by atoms with Crippen molar-refractivity contribution >= 4 is 5.97 Å². The third-order valence-corrected chi connectivity index (χ3v) is 5.00. The molecule has 0 saturated carbocycles. The highest BCUT2D eigenvalue weighted by Crippen LogP contribution is 2.28. The fraction of sp³-hybridized carbons (Fsp3) is 0.238. The Balaban J connectivity index is 1.35. The highest BCUT2D eigenvalue weighted by molar-refractivity contribution is 5.93. The average Bonchev–Trinajstić information content (AvgIpc) is 3.36. The number of nitrogens with one attached hydrogen (secondary N) is 1. The number of imidazole rings is 1. The SMILES string of the molecule is Cc1c([C@@H](O)CNCc2ccc(-n3cnc(C#N)c3)nc2)ccc2c1COC2=O. The number of rotatable bonds is 6. The average molecular weight is 389 g/mol. The summed E-state index contributed by atoms with van der Waals surface area (Å²) in [7, 11) is 0. The number of ether oxygens (including phenoxy) is 1. The number of pyridine rings is 1. The van der Waals surface area contributed by atoms with Crippen LogP contribution in [0.4, 0.5) is 0 Å². The van der Waals surface area contributed by atoms with Crippen LogP contribution in [-0.2, 0) is 17.9 Å². The molecule has 3 heterocycles. The van der Waals surface area contributed by atoms with Crippen molar-refractivity contribution in [3.63, 3.8) is 0 Å². The lowest BCUT2D eigenvalue weighted by Gasteiger charge is -2.16. The number of esters is 1. The van der Waals surface area contributed by atoms with Crippen molar-refractivity contribution in [1.82, 2.24) is 19.9 Å². The van der Waals surface area contributed by atoms with Crippen molar-refractivity contribution in [2.45, 2.75) is 26.2 Å². The predicted octanol–water partition coefficient (Wildman–Crippen LogP) is 1.94. The van der Waals surface area contributed by atoms with Crippen molar-refractivity contribution in [2.24, 2.45) is 0 Å². The van der Waals surface area contributed by atoms with Gasteiger partial charge in [0.25, 0.3) is 0 Å². The molecule has 0 spiro atoms. The molecule has 2 N–H and O–H groups in total. The maximum Gasteiger partial charge on any atom is 0.338 e. The Labute approximate surface area is 167 Å². The number of aromatic nitrogens is 3. The second kappa shape index (κ2) is 7.83. The Morgan fingerprint density at radius 3 is 2.93 bits per heavy atom. The van der Waals surface area contributed by atoms with Gasteiger partial charge in [0.15, 0.2) is 5.69 Å². The lowest BCUT2D eigenvalue weighted by Crippen LogP contribution is -2.22. The van der Waals surface area contributed by atoms with Crippen LogP contribution in [-0.4, -0.2) is 32.2 Å². The lowest BCUT2D eigenvalue weighted by atomic mass is 9.95. The molecule has 1 atom stereocenters. The van der Waals surface area contributed by atoms with Gasteiger partial charge in [-0.1, -0.05) is 12.1 Å². The number of hydrogen-bond acceptors (Lipinski definition) is 7. The molecule has 0 fully saturated rings. The minimum Gasteiger partial charge on any atom is -0.457 e. The van der Waals surface area contributed by atoms with E-state index in [0.29, 0.717) is 30.2 Å². The van der Waals surface area contributed by atoms with Crippen molar-refractivity contribution in [2.75, 3.05) is 6.54 Å². The normalized spacial score (nSPS) is 13.6. The molecule has 146 valence electrons. The number of hydrogen-bond donors (Lipinski definition) is 2. The first-order chi connectivity index (χ1) is 14.1. The number of benzene rings is 1. The van der Waals surface area contributed by atoms with E-state index < -0.39 is 6.10 Å². The van der Waals surface area contributed by atoms with E-state index in [1.54, 1.807) is 35.4 Å². The summed E-state index contributed by atoms with van der Waals surface area (Å²) >= 11 is 0. The van der Waals surface area contributed by atoms with Gasteiger partial charge in [0.1, 0.15) is 24.8 Å². The number of cyclic esters (lactones) is 1. The monoisotopic (exact) mass is 389 g/mol. The molecule has 0 amide bonds. The zero-order valence-corrected chi connectivity index (χ0v) is 15.8. The third kappa shape index (κ3) is 3.74. The molecule has 1 aliphatic rings. The summed E-state index contributed by atoms with van der Waals surface area (Å²) < 4.78 is 6.75. The van der Waals surface area contributed by atoms with E-state index in [0.717, 1.165) is 22.3 Å². The molecule has 1 aromatic carbocycles. The van der Waals surface area contributed by atoms with Gasteiger partial charge in [-0.2, -0.15) is 5.26 Å². The van der Waals surface area contributed by atoms with E-state index in [2.05, 4.69) is 15.3 Å². The smallest absolute Gasteiger partial charge is 0.338 e. The molecule has 29 heavy (non-hydrogen) atoms. The molecule has 3 aromatic rings. The van der Waals surface area contributed by atoms with E-state index in [1.165, 1.54) is 0 Å². The summed E-state index contributed by atoms with van der Waals surface area (Å²) in [5.74, 6) is 0.367. The van der Waals surface area contributed by atoms with Crippen LogP contribution in [0.2, 0.25) is 0 Å². The zero-order chi connectivity index (χ0) is 20.4. The van der Waals surface area contributed by atoms with Gasteiger partial charge in [-0.3, -0.25) is 4.57 Å². The largest absolute Gasteiger partial charge is 0.457 e. The summed E-state index contributed by atoms with van der Waals surface area (Å²) in [4.78, 5) is 20.0. The van der Waals surface area contributed by atoms with E-state index >= 15 is 0 Å². The Hall–Kier alpha value is -3.54. The summed E-state index contributed by atoms with van der Waals surface area (Å²) in [6, 6.07) is 9.25. The summed E-state index contributed by atoms with van der Waals surface area (Å²) in [6.45, 7) is 3.07. The number of nitrogens with zero attached hydrogens (tertiary/aromatic N) is 4. The molecule has 1 aliphatic heterocycles. The number of aliphatic hydroxyl groups excluding tert-OH is 1. The van der Waals surface area contributed by atoms with E-state index in [1.807, 2.05) is 25.1 Å². The zero-order valence-electron chi connectivity index (χ0n) is 15.8. The molecule has 4 rings (SSSR count). The van der Waals surface area contributed by atoms with E-state index in [9.17, 15) is 9.90 Å². The molecular weight excluding hydrogens is 370 g/mol. The standard InChI is InChI=1S/C21H19N5O3/c1-13-16(3-4-17-18(13)11-29-21(17)28)19(27)9-23-7-14-2-5-20(24-8-14)26-10-15(6-22)25-12-26/h2-5,8,10,12,19,23,27H,7,9,11H2,1H3/t19-/m0/s1. The molecule has 0 bridgehead atoms. The molecule has 2 aromatic heterocycles. The van der Waals surface area contributed by atoms with Gasteiger partial charge in [-0.05, 0) is 35.7 Å². The third-order valence-electron chi connectivity index (χ3n) is 5.00. The highest BCUT2D eigenvalue weighted by atomic mass is 16.5. The summed E-state index contributed by atoms with van der Waals surface area (Å²) in [6.07, 6.45) is 4.21. The van der Waals surface area contributed by atoms with Gasteiger partial charge in [0, 0.05) is 31.0 Å². The fourth-order valence-corrected chi connectivity index (χ4v) is 3.37. The number of nitriles is 1. The van der Waals surface area contributed by atoms with Gasteiger partial charge in [0.2, 0.25) is 0 Å². The molecule has 8 heteroatoms. The second-order valence-corrected chi connectivity index (χ2v) is 6.83. The Kier molecular flexibility index (Phi) is 5.08. The quantitative estimate of drug-likeness (QED) is 0.620. The van der Waals surface area contributed by atoms with Crippen molar-refractivity contribution in [1.29, 1.82) is 5.26 Å². The molecular formula is C21H19N5O3. The number of aliphatic hydroxyl groups is 1. The predicted molar refractivity (Wildman–Crippen MR) is 103 cm³/mol. The number of carbonyl (C=O) groups is 1. The van der Waals surface area contributed by atoms with Crippen LogP contribution in [0.1, 0.15) is 44.4 Å². The van der Waals surface area contributed by atoms with Crippen molar-refractivity contribution in [3.05, 3.63) is 76.5 Å². The first-order valence-corrected chi connectivity index (χ1v) is 9.14. The van der Waals surface area contributed by atoms with Crippen LogP contribution in [0, 0.1) is 18.3 Å². The van der Waals surface area contributed by atoms with Crippen LogP contribution >= 0.6 is 0 Å². The molecule has 0 radical (unpaired) electrons. The summed E-state index contributed by atoms with van der Waals surface area (Å²) in [5, 5.41) is 22.6. The van der Waals surface area contributed by atoms with Gasteiger partial charge < -0.3 is 15.2 Å². The van der Waals surface area contributed by atoms with Crippen LogP contribution in [0.3, 0.4) is 0 Å². The molecule has 0 unspecified atom stereocenters. The van der Waals surface area contributed by atoms with Crippen molar-refractivity contribution < 1.29 is 14.6 Å². The highest BCUT2D eigenvalue weighted by Gasteiger charge is 2.25.